The topological polar surface area (TPSA) is 25.4 Å². The van der Waals surface area contributed by atoms with Crippen LogP contribution >= 0.6 is 0 Å². The van der Waals surface area contributed by atoms with Gasteiger partial charge in [-0.25, -0.2) is 0 Å². The van der Waals surface area contributed by atoms with Crippen LogP contribution in [0.3, 0.4) is 0 Å². The van der Waals surface area contributed by atoms with Crippen LogP contribution in [-0.4, -0.2) is 34.6 Å². The van der Waals surface area contributed by atoms with Crippen LogP contribution in [0.5, 0.6) is 5.75 Å². The molecule has 1 saturated heterocycles. The molecule has 2 heterocycles. The van der Waals surface area contributed by atoms with E-state index < -0.39 is 0 Å². The Bertz CT molecular complexity index is 668. The highest BCUT2D eigenvalue weighted by atomic mass is 16.5. The van der Waals surface area contributed by atoms with E-state index in [9.17, 15) is 0 Å². The first kappa shape index (κ1) is 15.6. The number of likely N-dealkylation sites (tertiary alicyclic amines) is 1. The number of rotatable bonds is 4. The maximum absolute atomic E-state index is 6.29. The normalized spacial score (nSPS) is 26.7. The number of benzene rings is 1. The highest BCUT2D eigenvalue weighted by Gasteiger charge is 2.43. The summed E-state index contributed by atoms with van der Waals surface area (Å²) in [5.41, 5.74) is 2.33. The molecule has 0 spiro atoms. The van der Waals surface area contributed by atoms with E-state index in [0.29, 0.717) is 12.1 Å². The molecule has 1 saturated carbocycles. The average Bonchev–Trinajstić information content (AvgIpc) is 3.16. The molecule has 1 aliphatic carbocycles. The summed E-state index contributed by atoms with van der Waals surface area (Å²) in [5, 5.41) is 0. The summed E-state index contributed by atoms with van der Waals surface area (Å²) in [7, 11) is 0. The number of ether oxygens (including phenoxy) is 1. The lowest BCUT2D eigenvalue weighted by atomic mass is 10.0. The van der Waals surface area contributed by atoms with Crippen molar-refractivity contribution in [3.8, 4) is 16.9 Å². The lowest BCUT2D eigenvalue weighted by molar-refractivity contribution is 0.159. The Balaban J connectivity index is 1.40. The molecule has 0 radical (unpaired) electrons. The molecule has 2 fully saturated rings. The highest BCUT2D eigenvalue weighted by Crippen LogP contribution is 2.40. The van der Waals surface area contributed by atoms with Crippen molar-refractivity contribution in [2.24, 2.45) is 5.92 Å². The standard InChI is InChI=1S/C21H26N2O/c1-15(2)23-11-9-17-12-20(13-21(17)23)24-19-7-5-16(6-8-19)18-4-3-10-22-14-18/h3-8,10,14-15,17,20-21H,9,11-13H2,1-2H3. The number of nitrogens with zero attached hydrogens (tertiary/aromatic N) is 2. The summed E-state index contributed by atoms with van der Waals surface area (Å²) in [5.74, 6) is 1.82. The van der Waals surface area contributed by atoms with Gasteiger partial charge in [-0.1, -0.05) is 18.2 Å². The van der Waals surface area contributed by atoms with Crippen LogP contribution in [0.2, 0.25) is 0 Å². The fourth-order valence-corrected chi connectivity index (χ4v) is 4.44. The van der Waals surface area contributed by atoms with Gasteiger partial charge in [-0.15, -0.1) is 0 Å². The zero-order valence-corrected chi connectivity index (χ0v) is 14.6. The maximum Gasteiger partial charge on any atom is 0.119 e. The van der Waals surface area contributed by atoms with Crippen molar-refractivity contribution in [2.45, 2.75) is 51.3 Å². The van der Waals surface area contributed by atoms with E-state index in [4.69, 9.17) is 4.74 Å². The lowest BCUT2D eigenvalue weighted by Gasteiger charge is -2.28. The Labute approximate surface area is 144 Å². The molecular formula is C21H26N2O. The summed E-state index contributed by atoms with van der Waals surface area (Å²) in [6.45, 7) is 5.89. The number of fused-ring (bicyclic) bond motifs is 1. The van der Waals surface area contributed by atoms with Gasteiger partial charge in [0.1, 0.15) is 11.9 Å². The summed E-state index contributed by atoms with van der Waals surface area (Å²) >= 11 is 0. The highest BCUT2D eigenvalue weighted by molar-refractivity contribution is 5.62. The second-order valence-corrected chi connectivity index (χ2v) is 7.43. The molecule has 0 amide bonds. The smallest absolute Gasteiger partial charge is 0.119 e. The van der Waals surface area contributed by atoms with E-state index in [1.54, 1.807) is 6.20 Å². The molecule has 1 aromatic heterocycles. The zero-order valence-electron chi connectivity index (χ0n) is 14.6. The van der Waals surface area contributed by atoms with Crippen molar-refractivity contribution >= 4 is 0 Å². The molecular weight excluding hydrogens is 296 g/mol. The third-order valence-corrected chi connectivity index (χ3v) is 5.61. The summed E-state index contributed by atoms with van der Waals surface area (Å²) in [4.78, 5) is 6.85. The Kier molecular flexibility index (Phi) is 4.28. The third-order valence-electron chi connectivity index (χ3n) is 5.61. The molecule has 3 unspecified atom stereocenters. The molecule has 2 aliphatic rings. The van der Waals surface area contributed by atoms with Gasteiger partial charge in [0, 0.05) is 30.9 Å². The Morgan fingerprint density at radius 3 is 2.62 bits per heavy atom. The fraction of sp³-hybridized carbons (Fsp3) is 0.476. The quantitative estimate of drug-likeness (QED) is 0.835. The number of aromatic nitrogens is 1. The molecule has 0 N–H and O–H groups in total. The van der Waals surface area contributed by atoms with Crippen LogP contribution < -0.4 is 4.74 Å². The second-order valence-electron chi connectivity index (χ2n) is 7.43. The monoisotopic (exact) mass is 322 g/mol. The van der Waals surface area contributed by atoms with E-state index >= 15 is 0 Å². The summed E-state index contributed by atoms with van der Waals surface area (Å²) in [6.07, 6.45) is 7.78. The largest absolute Gasteiger partial charge is 0.490 e. The number of hydrogen-bond donors (Lipinski definition) is 0. The first-order valence-corrected chi connectivity index (χ1v) is 9.13. The van der Waals surface area contributed by atoms with E-state index in [-0.39, 0.29) is 0 Å². The minimum Gasteiger partial charge on any atom is -0.490 e. The molecule has 3 heteroatoms. The van der Waals surface area contributed by atoms with Gasteiger partial charge in [-0.2, -0.15) is 0 Å². The van der Waals surface area contributed by atoms with Crippen LogP contribution in [0, 0.1) is 5.92 Å². The Morgan fingerprint density at radius 2 is 1.92 bits per heavy atom. The molecule has 24 heavy (non-hydrogen) atoms. The first-order chi connectivity index (χ1) is 11.7. The minimum absolute atomic E-state index is 0.366. The van der Waals surface area contributed by atoms with Crippen molar-refractivity contribution in [1.82, 2.24) is 9.88 Å². The maximum atomic E-state index is 6.29. The molecule has 0 bridgehead atoms. The Morgan fingerprint density at radius 1 is 1.08 bits per heavy atom. The van der Waals surface area contributed by atoms with Gasteiger partial charge in [-0.3, -0.25) is 9.88 Å². The van der Waals surface area contributed by atoms with Crippen LogP contribution in [-0.2, 0) is 0 Å². The van der Waals surface area contributed by atoms with E-state index in [0.717, 1.165) is 23.3 Å². The van der Waals surface area contributed by atoms with E-state index in [1.165, 1.54) is 31.4 Å². The molecule has 3 nitrogen and oxygen atoms in total. The predicted molar refractivity (Wildman–Crippen MR) is 97.1 cm³/mol. The van der Waals surface area contributed by atoms with Crippen molar-refractivity contribution in [2.75, 3.05) is 6.54 Å². The Hall–Kier alpha value is -1.87. The average molecular weight is 322 g/mol. The molecule has 1 aliphatic heterocycles. The summed E-state index contributed by atoms with van der Waals surface area (Å²) < 4.78 is 6.29. The van der Waals surface area contributed by atoms with Crippen LogP contribution in [0.15, 0.2) is 48.8 Å². The predicted octanol–water partition coefficient (Wildman–Crippen LogP) is 4.39. The van der Waals surface area contributed by atoms with E-state index in [2.05, 4.69) is 54.1 Å². The first-order valence-electron chi connectivity index (χ1n) is 9.13. The molecule has 1 aromatic carbocycles. The van der Waals surface area contributed by atoms with Gasteiger partial charge in [-0.05, 0) is 68.5 Å². The molecule has 4 rings (SSSR count). The second kappa shape index (κ2) is 6.56. The van der Waals surface area contributed by atoms with Gasteiger partial charge in [0.05, 0.1) is 0 Å². The van der Waals surface area contributed by atoms with Crippen molar-refractivity contribution in [1.29, 1.82) is 0 Å². The van der Waals surface area contributed by atoms with Crippen LogP contribution in [0.4, 0.5) is 0 Å². The van der Waals surface area contributed by atoms with Gasteiger partial charge >= 0.3 is 0 Å². The number of pyridine rings is 1. The van der Waals surface area contributed by atoms with Crippen molar-refractivity contribution in [3.63, 3.8) is 0 Å². The SMILES string of the molecule is CC(C)N1CCC2CC(Oc3ccc(-c4cccnc4)cc3)CC21. The third kappa shape index (κ3) is 3.05. The summed E-state index contributed by atoms with van der Waals surface area (Å²) in [6, 6.07) is 13.9. The van der Waals surface area contributed by atoms with Crippen molar-refractivity contribution < 1.29 is 4.74 Å². The van der Waals surface area contributed by atoms with Crippen molar-refractivity contribution in [3.05, 3.63) is 48.8 Å². The van der Waals surface area contributed by atoms with E-state index in [1.807, 2.05) is 12.3 Å². The number of hydrogen-bond acceptors (Lipinski definition) is 3. The van der Waals surface area contributed by atoms with Gasteiger partial charge in [0.15, 0.2) is 0 Å². The van der Waals surface area contributed by atoms with Gasteiger partial charge < -0.3 is 4.74 Å². The lowest BCUT2D eigenvalue weighted by Crippen LogP contribution is -2.36. The fourth-order valence-electron chi connectivity index (χ4n) is 4.44. The van der Waals surface area contributed by atoms with Crippen LogP contribution in [0.1, 0.15) is 33.1 Å². The van der Waals surface area contributed by atoms with Gasteiger partial charge in [0.2, 0.25) is 0 Å². The van der Waals surface area contributed by atoms with Crippen LogP contribution in [0.25, 0.3) is 11.1 Å². The minimum atomic E-state index is 0.366. The zero-order chi connectivity index (χ0) is 16.5. The van der Waals surface area contributed by atoms with Gasteiger partial charge in [0.25, 0.3) is 0 Å². The molecule has 126 valence electrons. The molecule has 2 aromatic rings. The molecule has 3 atom stereocenters.